The number of rotatable bonds is 4. The van der Waals surface area contributed by atoms with Crippen LogP contribution in [-0.2, 0) is 4.79 Å². The van der Waals surface area contributed by atoms with Gasteiger partial charge in [0.05, 0.1) is 6.04 Å². The standard InChI is InChI=1S/C18H23ClN4O2/c1-12-4-5-15(19)11-16(12)23-8-6-22(7-9-23)14(3)18(24)20-17-10-13(2)25-21-17/h4-5,10-11,14H,6-9H2,1-3H3,(H,20,21,24). The van der Waals surface area contributed by atoms with Gasteiger partial charge >= 0.3 is 0 Å². The highest BCUT2D eigenvalue weighted by Gasteiger charge is 2.26. The summed E-state index contributed by atoms with van der Waals surface area (Å²) in [6, 6.07) is 7.45. The molecule has 2 aromatic rings. The van der Waals surface area contributed by atoms with Gasteiger partial charge in [0, 0.05) is 43.0 Å². The van der Waals surface area contributed by atoms with Crippen molar-refractivity contribution < 1.29 is 9.32 Å². The Kier molecular flexibility index (Phi) is 5.30. The number of piperazine rings is 1. The summed E-state index contributed by atoms with van der Waals surface area (Å²) in [5.74, 6) is 1.07. The van der Waals surface area contributed by atoms with Crippen molar-refractivity contribution in [1.82, 2.24) is 10.1 Å². The van der Waals surface area contributed by atoms with Gasteiger partial charge in [0.25, 0.3) is 0 Å². The van der Waals surface area contributed by atoms with Crippen molar-refractivity contribution in [3.8, 4) is 0 Å². The van der Waals surface area contributed by atoms with E-state index in [2.05, 4.69) is 27.2 Å². The Hall–Kier alpha value is -2.05. The maximum absolute atomic E-state index is 12.4. The number of nitrogens with zero attached hydrogens (tertiary/aromatic N) is 3. The smallest absolute Gasteiger partial charge is 0.242 e. The monoisotopic (exact) mass is 362 g/mol. The number of hydrogen-bond acceptors (Lipinski definition) is 5. The minimum atomic E-state index is -0.223. The Bertz CT molecular complexity index is 753. The van der Waals surface area contributed by atoms with Gasteiger partial charge in [-0.15, -0.1) is 0 Å². The van der Waals surface area contributed by atoms with E-state index in [1.165, 1.54) is 11.3 Å². The van der Waals surface area contributed by atoms with Crippen LogP contribution in [0, 0.1) is 13.8 Å². The minimum Gasteiger partial charge on any atom is -0.369 e. The molecule has 1 unspecified atom stereocenters. The molecule has 1 saturated heterocycles. The van der Waals surface area contributed by atoms with Crippen molar-refractivity contribution in [2.75, 3.05) is 36.4 Å². The average Bonchev–Trinajstić information content (AvgIpc) is 3.01. The fourth-order valence-corrected chi connectivity index (χ4v) is 3.26. The summed E-state index contributed by atoms with van der Waals surface area (Å²) in [7, 11) is 0. The van der Waals surface area contributed by atoms with E-state index in [0.29, 0.717) is 11.6 Å². The predicted octanol–water partition coefficient (Wildman–Crippen LogP) is 3.09. The molecule has 6 nitrogen and oxygen atoms in total. The summed E-state index contributed by atoms with van der Waals surface area (Å²) >= 11 is 6.13. The lowest BCUT2D eigenvalue weighted by Gasteiger charge is -2.39. The molecule has 1 aromatic heterocycles. The first kappa shape index (κ1) is 17.8. The van der Waals surface area contributed by atoms with Crippen molar-refractivity contribution in [2.24, 2.45) is 0 Å². The van der Waals surface area contributed by atoms with Crippen LogP contribution in [0.25, 0.3) is 0 Å². The Morgan fingerprint density at radius 1 is 1.24 bits per heavy atom. The van der Waals surface area contributed by atoms with Gasteiger partial charge in [0.15, 0.2) is 5.82 Å². The Morgan fingerprint density at radius 3 is 2.60 bits per heavy atom. The molecular weight excluding hydrogens is 340 g/mol. The molecule has 25 heavy (non-hydrogen) atoms. The van der Waals surface area contributed by atoms with E-state index in [-0.39, 0.29) is 11.9 Å². The van der Waals surface area contributed by atoms with Crippen LogP contribution in [-0.4, -0.2) is 48.2 Å². The van der Waals surface area contributed by atoms with Gasteiger partial charge in [-0.2, -0.15) is 0 Å². The Labute approximate surface area is 152 Å². The molecule has 0 aliphatic carbocycles. The van der Waals surface area contributed by atoms with Crippen molar-refractivity contribution in [1.29, 1.82) is 0 Å². The largest absolute Gasteiger partial charge is 0.369 e. The van der Waals surface area contributed by atoms with Crippen LogP contribution in [0.1, 0.15) is 18.2 Å². The molecule has 134 valence electrons. The normalized spacial score (nSPS) is 16.7. The van der Waals surface area contributed by atoms with Gasteiger partial charge in [-0.05, 0) is 38.5 Å². The zero-order valence-corrected chi connectivity index (χ0v) is 15.5. The topological polar surface area (TPSA) is 61.6 Å². The van der Waals surface area contributed by atoms with Crippen molar-refractivity contribution in [3.63, 3.8) is 0 Å². The zero-order chi connectivity index (χ0) is 18.0. The van der Waals surface area contributed by atoms with Gasteiger partial charge in [-0.1, -0.05) is 22.8 Å². The number of aromatic nitrogens is 1. The number of amides is 1. The van der Waals surface area contributed by atoms with Gasteiger partial charge in [-0.3, -0.25) is 9.69 Å². The van der Waals surface area contributed by atoms with E-state index in [0.717, 1.165) is 31.2 Å². The second kappa shape index (κ2) is 7.45. The van der Waals surface area contributed by atoms with Crippen molar-refractivity contribution in [3.05, 3.63) is 40.6 Å². The Balaban J connectivity index is 1.57. The first-order valence-corrected chi connectivity index (χ1v) is 8.81. The van der Waals surface area contributed by atoms with Crippen LogP contribution in [0.4, 0.5) is 11.5 Å². The van der Waals surface area contributed by atoms with E-state index < -0.39 is 0 Å². The number of nitrogens with one attached hydrogen (secondary N) is 1. The van der Waals surface area contributed by atoms with Crippen LogP contribution in [0.5, 0.6) is 0 Å². The third kappa shape index (κ3) is 4.14. The highest BCUT2D eigenvalue weighted by Crippen LogP contribution is 2.25. The van der Waals surface area contributed by atoms with E-state index in [9.17, 15) is 4.79 Å². The van der Waals surface area contributed by atoms with E-state index in [1.54, 1.807) is 13.0 Å². The fraction of sp³-hybridized carbons (Fsp3) is 0.444. The van der Waals surface area contributed by atoms with Gasteiger partial charge in [0.2, 0.25) is 5.91 Å². The number of aryl methyl sites for hydroxylation is 2. The lowest BCUT2D eigenvalue weighted by Crippen LogP contribution is -2.53. The molecule has 3 rings (SSSR count). The zero-order valence-electron chi connectivity index (χ0n) is 14.8. The summed E-state index contributed by atoms with van der Waals surface area (Å²) in [5.41, 5.74) is 2.38. The van der Waals surface area contributed by atoms with Gasteiger partial charge in [0.1, 0.15) is 5.76 Å². The molecule has 1 amide bonds. The molecule has 7 heteroatoms. The van der Waals surface area contributed by atoms with Gasteiger partial charge < -0.3 is 14.7 Å². The lowest BCUT2D eigenvalue weighted by molar-refractivity contribution is -0.120. The quantitative estimate of drug-likeness (QED) is 0.905. The molecule has 0 spiro atoms. The number of carbonyl (C=O) groups excluding carboxylic acids is 1. The number of benzene rings is 1. The second-order valence-corrected chi connectivity index (χ2v) is 6.88. The highest BCUT2D eigenvalue weighted by molar-refractivity contribution is 6.30. The van der Waals surface area contributed by atoms with Crippen LogP contribution in [0.2, 0.25) is 5.02 Å². The number of anilines is 2. The van der Waals surface area contributed by atoms with E-state index in [4.69, 9.17) is 16.1 Å². The molecule has 1 aromatic carbocycles. The SMILES string of the molecule is Cc1cc(NC(=O)C(C)N2CCN(c3cc(Cl)ccc3C)CC2)no1. The molecule has 1 N–H and O–H groups in total. The summed E-state index contributed by atoms with van der Waals surface area (Å²) in [6.45, 7) is 9.17. The average molecular weight is 363 g/mol. The van der Waals surface area contributed by atoms with Crippen molar-refractivity contribution >= 4 is 29.0 Å². The predicted molar refractivity (Wildman–Crippen MR) is 99.3 cm³/mol. The summed E-state index contributed by atoms with van der Waals surface area (Å²) in [4.78, 5) is 16.9. The maximum atomic E-state index is 12.4. The number of hydrogen-bond donors (Lipinski definition) is 1. The number of halogens is 1. The summed E-state index contributed by atoms with van der Waals surface area (Å²) in [6.07, 6.45) is 0. The minimum absolute atomic E-state index is 0.0688. The summed E-state index contributed by atoms with van der Waals surface area (Å²) < 4.78 is 4.98. The molecule has 1 aliphatic heterocycles. The molecule has 1 atom stereocenters. The molecular formula is C18H23ClN4O2. The van der Waals surface area contributed by atoms with Crippen molar-refractivity contribution in [2.45, 2.75) is 26.8 Å². The highest BCUT2D eigenvalue weighted by atomic mass is 35.5. The molecule has 0 radical (unpaired) electrons. The molecule has 1 aliphatic rings. The first-order chi connectivity index (χ1) is 11.9. The van der Waals surface area contributed by atoms with Crippen LogP contribution < -0.4 is 10.2 Å². The van der Waals surface area contributed by atoms with Crippen LogP contribution in [0.3, 0.4) is 0 Å². The first-order valence-electron chi connectivity index (χ1n) is 8.43. The lowest BCUT2D eigenvalue weighted by atomic mass is 10.1. The third-order valence-electron chi connectivity index (χ3n) is 4.63. The molecule has 0 saturated carbocycles. The van der Waals surface area contributed by atoms with Gasteiger partial charge in [-0.25, -0.2) is 0 Å². The molecule has 1 fully saturated rings. The maximum Gasteiger partial charge on any atom is 0.242 e. The summed E-state index contributed by atoms with van der Waals surface area (Å²) in [5, 5.41) is 7.36. The Morgan fingerprint density at radius 2 is 1.96 bits per heavy atom. The molecule has 0 bridgehead atoms. The second-order valence-electron chi connectivity index (χ2n) is 6.44. The molecule has 2 heterocycles. The third-order valence-corrected chi connectivity index (χ3v) is 4.87. The van der Waals surface area contributed by atoms with E-state index >= 15 is 0 Å². The van der Waals surface area contributed by atoms with Crippen LogP contribution in [0.15, 0.2) is 28.8 Å². The van der Waals surface area contributed by atoms with Crippen LogP contribution >= 0.6 is 11.6 Å². The van der Waals surface area contributed by atoms with E-state index in [1.807, 2.05) is 25.1 Å². The fourth-order valence-electron chi connectivity index (χ4n) is 3.10. The number of carbonyl (C=O) groups is 1.